The minimum Gasteiger partial charge on any atom is -0.378 e. The maximum atomic E-state index is 12.9. The smallest absolute Gasteiger partial charge is 0.105 e. The molecule has 0 aromatic heterocycles. The van der Waals surface area contributed by atoms with Crippen molar-refractivity contribution in [1.82, 2.24) is 0 Å². The van der Waals surface area contributed by atoms with Gasteiger partial charge < -0.3 is 4.74 Å². The van der Waals surface area contributed by atoms with Crippen molar-refractivity contribution in [2.75, 3.05) is 6.61 Å². The molecule has 0 spiro atoms. The van der Waals surface area contributed by atoms with Crippen LogP contribution in [0.3, 0.4) is 0 Å². The quantitative estimate of drug-likeness (QED) is 0.595. The zero-order valence-electron chi connectivity index (χ0n) is 7.89. The topological polar surface area (TPSA) is 9.23 Å². The maximum absolute atomic E-state index is 12.9. The van der Waals surface area contributed by atoms with Gasteiger partial charge in [-0.2, -0.15) is 0 Å². The van der Waals surface area contributed by atoms with Crippen LogP contribution in [-0.2, 0) is 4.74 Å². The lowest BCUT2D eigenvalue weighted by Crippen LogP contribution is -2.26. The van der Waals surface area contributed by atoms with Gasteiger partial charge in [-0.25, -0.2) is 4.39 Å². The Morgan fingerprint density at radius 1 is 1.42 bits per heavy atom. The molecule has 1 heterocycles. The van der Waals surface area contributed by atoms with E-state index in [4.69, 9.17) is 4.74 Å². The van der Waals surface area contributed by atoms with E-state index in [0.29, 0.717) is 19.4 Å². The van der Waals surface area contributed by atoms with Crippen molar-refractivity contribution < 1.29 is 9.13 Å². The minimum absolute atomic E-state index is 0.209. The van der Waals surface area contributed by atoms with E-state index in [9.17, 15) is 4.39 Å². The molecular weight excluding hydrogens is 155 g/mol. The van der Waals surface area contributed by atoms with Gasteiger partial charge in [-0.1, -0.05) is 26.2 Å². The Labute approximate surface area is 74.3 Å². The monoisotopic (exact) mass is 174 g/mol. The molecule has 1 aliphatic rings. The molecule has 0 aromatic carbocycles. The lowest BCUT2D eigenvalue weighted by molar-refractivity contribution is -0.0227. The molecule has 1 saturated heterocycles. The molecule has 0 bridgehead atoms. The van der Waals surface area contributed by atoms with E-state index >= 15 is 0 Å². The van der Waals surface area contributed by atoms with Gasteiger partial charge in [0.15, 0.2) is 0 Å². The molecule has 2 heteroatoms. The average molecular weight is 174 g/mol. The molecule has 2 unspecified atom stereocenters. The van der Waals surface area contributed by atoms with Crippen molar-refractivity contribution in [3.05, 3.63) is 0 Å². The molecule has 0 amide bonds. The van der Waals surface area contributed by atoms with Crippen molar-refractivity contribution in [1.29, 1.82) is 0 Å². The Balaban J connectivity index is 2.06. The average Bonchev–Trinajstić information content (AvgIpc) is 2.05. The van der Waals surface area contributed by atoms with E-state index in [1.54, 1.807) is 0 Å². The summed E-state index contributed by atoms with van der Waals surface area (Å²) in [6, 6.07) is 0. The third kappa shape index (κ3) is 3.53. The van der Waals surface area contributed by atoms with Gasteiger partial charge >= 0.3 is 0 Å². The second-order valence-electron chi connectivity index (χ2n) is 3.61. The minimum atomic E-state index is -0.606. The van der Waals surface area contributed by atoms with Crippen LogP contribution in [0, 0.1) is 0 Å². The zero-order chi connectivity index (χ0) is 8.81. The third-order valence-corrected chi connectivity index (χ3v) is 2.43. The molecular formula is C10H19FO. The summed E-state index contributed by atoms with van der Waals surface area (Å²) in [5.74, 6) is 0. The summed E-state index contributed by atoms with van der Waals surface area (Å²) in [6.07, 6.45) is 5.55. The number of alkyl halides is 1. The van der Waals surface area contributed by atoms with Gasteiger partial charge in [0.2, 0.25) is 0 Å². The summed E-state index contributed by atoms with van der Waals surface area (Å²) in [5.41, 5.74) is 0. The molecule has 0 radical (unpaired) electrons. The summed E-state index contributed by atoms with van der Waals surface area (Å²) in [4.78, 5) is 0. The van der Waals surface area contributed by atoms with Gasteiger partial charge in [0.25, 0.3) is 0 Å². The van der Waals surface area contributed by atoms with Gasteiger partial charge in [-0.05, 0) is 6.42 Å². The van der Waals surface area contributed by atoms with E-state index in [1.165, 1.54) is 19.3 Å². The summed E-state index contributed by atoms with van der Waals surface area (Å²) in [6.45, 7) is 2.80. The molecule has 1 rings (SSSR count). The Hall–Kier alpha value is -0.110. The fourth-order valence-corrected chi connectivity index (χ4v) is 1.66. The van der Waals surface area contributed by atoms with Crippen molar-refractivity contribution in [2.45, 2.75) is 57.7 Å². The Bertz CT molecular complexity index is 116. The van der Waals surface area contributed by atoms with Crippen molar-refractivity contribution >= 4 is 0 Å². The second kappa shape index (κ2) is 5.52. The highest BCUT2D eigenvalue weighted by Gasteiger charge is 2.21. The Kier molecular flexibility index (Phi) is 4.59. The standard InChI is InChI=1S/C10H19FO/c1-2-3-4-5-10-8-9(11)6-7-12-10/h9-10H,2-8H2,1H3. The molecule has 0 aromatic rings. The highest BCUT2D eigenvalue weighted by molar-refractivity contribution is 4.70. The van der Waals surface area contributed by atoms with Gasteiger partial charge in [0, 0.05) is 19.4 Å². The lowest BCUT2D eigenvalue weighted by atomic mass is 10.0. The Morgan fingerprint density at radius 2 is 2.25 bits per heavy atom. The van der Waals surface area contributed by atoms with Crippen LogP contribution in [0.25, 0.3) is 0 Å². The number of hydrogen-bond donors (Lipinski definition) is 0. The summed E-state index contributed by atoms with van der Waals surface area (Å²) in [5, 5.41) is 0. The molecule has 1 aliphatic heterocycles. The Morgan fingerprint density at radius 3 is 2.92 bits per heavy atom. The molecule has 0 saturated carbocycles. The number of unbranched alkanes of at least 4 members (excludes halogenated alkanes) is 2. The van der Waals surface area contributed by atoms with Crippen molar-refractivity contribution in [2.24, 2.45) is 0 Å². The first-order valence-corrected chi connectivity index (χ1v) is 5.08. The first kappa shape index (κ1) is 9.97. The highest BCUT2D eigenvalue weighted by Crippen LogP contribution is 2.20. The lowest BCUT2D eigenvalue weighted by Gasteiger charge is -2.25. The van der Waals surface area contributed by atoms with Crippen LogP contribution < -0.4 is 0 Å². The van der Waals surface area contributed by atoms with Crippen LogP contribution in [0.4, 0.5) is 4.39 Å². The number of hydrogen-bond acceptors (Lipinski definition) is 1. The molecule has 0 N–H and O–H groups in total. The number of ether oxygens (including phenoxy) is 1. The first-order chi connectivity index (χ1) is 5.83. The molecule has 1 nitrogen and oxygen atoms in total. The predicted molar refractivity (Wildman–Crippen MR) is 48.0 cm³/mol. The molecule has 72 valence electrons. The van der Waals surface area contributed by atoms with Crippen LogP contribution in [0.2, 0.25) is 0 Å². The SMILES string of the molecule is CCCCCC1CC(F)CCO1. The predicted octanol–water partition coefficient (Wildman–Crippen LogP) is 3.08. The highest BCUT2D eigenvalue weighted by atomic mass is 19.1. The summed E-state index contributed by atoms with van der Waals surface area (Å²) in [7, 11) is 0. The van der Waals surface area contributed by atoms with Gasteiger partial charge in [0.1, 0.15) is 6.17 Å². The van der Waals surface area contributed by atoms with Crippen LogP contribution >= 0.6 is 0 Å². The van der Waals surface area contributed by atoms with E-state index in [0.717, 1.165) is 6.42 Å². The second-order valence-corrected chi connectivity index (χ2v) is 3.61. The van der Waals surface area contributed by atoms with Crippen molar-refractivity contribution in [3.63, 3.8) is 0 Å². The van der Waals surface area contributed by atoms with E-state index in [2.05, 4.69) is 6.92 Å². The van der Waals surface area contributed by atoms with Gasteiger partial charge in [-0.15, -0.1) is 0 Å². The molecule has 2 atom stereocenters. The van der Waals surface area contributed by atoms with Crippen LogP contribution in [0.15, 0.2) is 0 Å². The maximum Gasteiger partial charge on any atom is 0.105 e. The number of rotatable bonds is 4. The van der Waals surface area contributed by atoms with Gasteiger partial charge in [0.05, 0.1) is 6.10 Å². The fraction of sp³-hybridized carbons (Fsp3) is 1.00. The van der Waals surface area contributed by atoms with Crippen LogP contribution in [0.5, 0.6) is 0 Å². The van der Waals surface area contributed by atoms with E-state index < -0.39 is 6.17 Å². The van der Waals surface area contributed by atoms with Gasteiger partial charge in [-0.3, -0.25) is 0 Å². The summed E-state index contributed by atoms with van der Waals surface area (Å²) >= 11 is 0. The molecule has 0 aliphatic carbocycles. The molecule has 12 heavy (non-hydrogen) atoms. The summed E-state index contributed by atoms with van der Waals surface area (Å²) < 4.78 is 18.3. The first-order valence-electron chi connectivity index (χ1n) is 5.08. The molecule has 1 fully saturated rings. The van der Waals surface area contributed by atoms with Crippen LogP contribution in [-0.4, -0.2) is 18.9 Å². The van der Waals surface area contributed by atoms with E-state index in [1.807, 2.05) is 0 Å². The normalized spacial score (nSPS) is 30.5. The fourth-order valence-electron chi connectivity index (χ4n) is 1.66. The largest absolute Gasteiger partial charge is 0.378 e. The van der Waals surface area contributed by atoms with E-state index in [-0.39, 0.29) is 6.10 Å². The zero-order valence-corrected chi connectivity index (χ0v) is 7.89. The number of halogens is 1. The van der Waals surface area contributed by atoms with Crippen LogP contribution in [0.1, 0.15) is 45.4 Å². The van der Waals surface area contributed by atoms with Crippen molar-refractivity contribution in [3.8, 4) is 0 Å². The third-order valence-electron chi connectivity index (χ3n) is 2.43.